The van der Waals surface area contributed by atoms with E-state index in [4.69, 9.17) is 4.74 Å². The van der Waals surface area contributed by atoms with Gasteiger partial charge in [-0.3, -0.25) is 10.1 Å². The molecule has 0 spiro atoms. The van der Waals surface area contributed by atoms with Crippen LogP contribution in [0.3, 0.4) is 0 Å². The molecule has 4 aromatic rings. The van der Waals surface area contributed by atoms with Crippen LogP contribution >= 0.6 is 22.7 Å². The molecule has 1 N–H and O–H groups in total. The monoisotopic (exact) mass is 407 g/mol. The Hall–Kier alpha value is -3.03. The van der Waals surface area contributed by atoms with E-state index in [-0.39, 0.29) is 5.91 Å². The fourth-order valence-corrected chi connectivity index (χ4v) is 3.78. The van der Waals surface area contributed by atoms with Gasteiger partial charge in [0.05, 0.1) is 16.9 Å². The van der Waals surface area contributed by atoms with Gasteiger partial charge in [-0.1, -0.05) is 29.8 Å². The lowest BCUT2D eigenvalue weighted by molar-refractivity contribution is 0.102. The van der Waals surface area contributed by atoms with Gasteiger partial charge in [0.1, 0.15) is 12.4 Å². The summed E-state index contributed by atoms with van der Waals surface area (Å²) in [6, 6.07) is 15.2. The number of nitrogens with zero attached hydrogens (tertiary/aromatic N) is 2. The summed E-state index contributed by atoms with van der Waals surface area (Å²) in [4.78, 5) is 21.1. The van der Waals surface area contributed by atoms with Crippen molar-refractivity contribution in [3.05, 3.63) is 81.6 Å². The quantitative estimate of drug-likeness (QED) is 0.464. The van der Waals surface area contributed by atoms with Crippen LogP contribution in [0.1, 0.15) is 21.6 Å². The average Bonchev–Trinajstić information content (AvgIpc) is 3.39. The molecule has 0 bridgehead atoms. The van der Waals surface area contributed by atoms with Crippen molar-refractivity contribution >= 4 is 33.7 Å². The summed E-state index contributed by atoms with van der Waals surface area (Å²) in [7, 11) is 0. The third-order valence-electron chi connectivity index (χ3n) is 4.06. The van der Waals surface area contributed by atoms with Gasteiger partial charge in [-0.25, -0.2) is 9.97 Å². The van der Waals surface area contributed by atoms with Crippen LogP contribution < -0.4 is 10.1 Å². The van der Waals surface area contributed by atoms with Gasteiger partial charge in [0.2, 0.25) is 0 Å². The van der Waals surface area contributed by atoms with Crippen molar-refractivity contribution in [2.24, 2.45) is 0 Å². The highest BCUT2D eigenvalue weighted by atomic mass is 32.1. The Labute approximate surface area is 170 Å². The van der Waals surface area contributed by atoms with Crippen LogP contribution in [0.5, 0.6) is 5.75 Å². The second-order valence-electron chi connectivity index (χ2n) is 6.15. The smallest absolute Gasteiger partial charge is 0.257 e. The van der Waals surface area contributed by atoms with Crippen molar-refractivity contribution in [2.45, 2.75) is 13.5 Å². The Morgan fingerprint density at radius 1 is 1.07 bits per heavy atom. The predicted molar refractivity (Wildman–Crippen MR) is 113 cm³/mol. The molecule has 28 heavy (non-hydrogen) atoms. The Balaban J connectivity index is 1.37. The number of hydrogen-bond donors (Lipinski definition) is 1. The first kappa shape index (κ1) is 18.3. The Bertz CT molecular complexity index is 1060. The number of carbonyl (C=O) groups excluding carboxylic acids is 1. The number of thiazole rings is 2. The molecule has 0 aliphatic rings. The molecule has 4 rings (SSSR count). The minimum atomic E-state index is -0.198. The first-order valence-electron chi connectivity index (χ1n) is 8.61. The summed E-state index contributed by atoms with van der Waals surface area (Å²) in [5, 5.41) is 7.31. The van der Waals surface area contributed by atoms with E-state index in [0.717, 1.165) is 17.0 Å². The molecule has 0 saturated heterocycles. The summed E-state index contributed by atoms with van der Waals surface area (Å²) in [6.45, 7) is 2.46. The van der Waals surface area contributed by atoms with E-state index in [1.807, 2.05) is 41.9 Å². The minimum Gasteiger partial charge on any atom is -0.487 e. The second kappa shape index (κ2) is 8.33. The van der Waals surface area contributed by atoms with Crippen molar-refractivity contribution in [2.75, 3.05) is 5.32 Å². The average molecular weight is 408 g/mol. The number of carbonyl (C=O) groups is 1. The molecule has 0 saturated carbocycles. The van der Waals surface area contributed by atoms with Crippen molar-refractivity contribution < 1.29 is 9.53 Å². The topological polar surface area (TPSA) is 64.1 Å². The fraction of sp³-hybridized carbons (Fsp3) is 0.0952. The van der Waals surface area contributed by atoms with E-state index in [0.29, 0.717) is 23.1 Å². The summed E-state index contributed by atoms with van der Waals surface area (Å²) in [5.74, 6) is 0.497. The van der Waals surface area contributed by atoms with Gasteiger partial charge >= 0.3 is 0 Å². The fourth-order valence-electron chi connectivity index (χ4n) is 2.53. The molecular weight excluding hydrogens is 390 g/mol. The van der Waals surface area contributed by atoms with E-state index in [9.17, 15) is 4.79 Å². The van der Waals surface area contributed by atoms with Gasteiger partial charge in [-0.2, -0.15) is 0 Å². The minimum absolute atomic E-state index is 0.198. The van der Waals surface area contributed by atoms with Crippen molar-refractivity contribution in [3.63, 3.8) is 0 Å². The van der Waals surface area contributed by atoms with Crippen LogP contribution in [-0.4, -0.2) is 15.9 Å². The van der Waals surface area contributed by atoms with Gasteiger partial charge < -0.3 is 4.74 Å². The van der Waals surface area contributed by atoms with Gasteiger partial charge in [0.25, 0.3) is 5.91 Å². The normalized spacial score (nSPS) is 10.6. The number of hydrogen-bond acceptors (Lipinski definition) is 6. The second-order valence-corrected chi connectivity index (χ2v) is 7.73. The number of aromatic nitrogens is 2. The Kier molecular flexibility index (Phi) is 5.45. The van der Waals surface area contributed by atoms with E-state index in [1.54, 1.807) is 29.8 Å². The van der Waals surface area contributed by atoms with Crippen LogP contribution in [0.25, 0.3) is 11.3 Å². The van der Waals surface area contributed by atoms with E-state index >= 15 is 0 Å². The largest absolute Gasteiger partial charge is 0.487 e. The highest BCUT2D eigenvalue weighted by Crippen LogP contribution is 2.25. The van der Waals surface area contributed by atoms with Crippen molar-refractivity contribution in [3.8, 4) is 17.0 Å². The van der Waals surface area contributed by atoms with E-state index in [1.165, 1.54) is 28.2 Å². The molecule has 140 valence electrons. The highest BCUT2D eigenvalue weighted by molar-refractivity contribution is 7.14. The molecule has 0 aliphatic carbocycles. The number of ether oxygens (including phenoxy) is 1. The molecule has 7 heteroatoms. The number of benzene rings is 2. The van der Waals surface area contributed by atoms with Crippen LogP contribution in [0.4, 0.5) is 5.13 Å². The predicted octanol–water partition coefficient (Wildman–Crippen LogP) is 5.41. The van der Waals surface area contributed by atoms with Crippen LogP contribution in [0.15, 0.2) is 64.8 Å². The van der Waals surface area contributed by atoms with Gasteiger partial charge in [-0.05, 0) is 31.2 Å². The number of aryl methyl sites for hydroxylation is 1. The van der Waals surface area contributed by atoms with Gasteiger partial charge in [0, 0.05) is 21.9 Å². The summed E-state index contributed by atoms with van der Waals surface area (Å²) in [5.41, 5.74) is 6.30. The highest BCUT2D eigenvalue weighted by Gasteiger charge is 2.10. The third kappa shape index (κ3) is 4.44. The number of nitrogens with one attached hydrogen (secondary N) is 1. The number of amides is 1. The number of anilines is 1. The van der Waals surface area contributed by atoms with Crippen LogP contribution in [0, 0.1) is 6.92 Å². The lowest BCUT2D eigenvalue weighted by Gasteiger charge is -2.06. The lowest BCUT2D eigenvalue weighted by Crippen LogP contribution is -2.11. The maximum Gasteiger partial charge on any atom is 0.257 e. The molecule has 0 atom stereocenters. The molecule has 2 aromatic carbocycles. The molecule has 0 aliphatic heterocycles. The maximum absolute atomic E-state index is 12.5. The molecule has 2 heterocycles. The molecule has 0 unspecified atom stereocenters. The molecule has 1 amide bonds. The lowest BCUT2D eigenvalue weighted by atomic mass is 10.1. The third-order valence-corrected chi connectivity index (χ3v) is 5.45. The van der Waals surface area contributed by atoms with Crippen LogP contribution in [-0.2, 0) is 6.61 Å². The zero-order valence-electron chi connectivity index (χ0n) is 15.1. The van der Waals surface area contributed by atoms with Crippen LogP contribution in [0.2, 0.25) is 0 Å². The SMILES string of the molecule is Cc1ccc(-c2csc(NC(=O)c3ccc(OCc4cscn4)cc3)n2)cc1. The molecule has 0 radical (unpaired) electrons. The molecule has 5 nitrogen and oxygen atoms in total. The Morgan fingerprint density at radius 2 is 1.86 bits per heavy atom. The summed E-state index contributed by atoms with van der Waals surface area (Å²) < 4.78 is 5.67. The number of rotatable bonds is 6. The van der Waals surface area contributed by atoms with Gasteiger partial charge in [-0.15, -0.1) is 22.7 Å². The van der Waals surface area contributed by atoms with Crippen molar-refractivity contribution in [1.29, 1.82) is 0 Å². The van der Waals surface area contributed by atoms with E-state index < -0.39 is 0 Å². The molecule has 2 aromatic heterocycles. The molecular formula is C21H17N3O2S2. The summed E-state index contributed by atoms with van der Waals surface area (Å²) >= 11 is 2.94. The van der Waals surface area contributed by atoms with E-state index in [2.05, 4.69) is 15.3 Å². The van der Waals surface area contributed by atoms with Gasteiger partial charge in [0.15, 0.2) is 5.13 Å². The van der Waals surface area contributed by atoms with Crippen molar-refractivity contribution in [1.82, 2.24) is 9.97 Å². The maximum atomic E-state index is 12.5. The Morgan fingerprint density at radius 3 is 2.57 bits per heavy atom. The summed E-state index contributed by atoms with van der Waals surface area (Å²) in [6.07, 6.45) is 0. The standard InChI is InChI=1S/C21H17N3O2S2/c1-14-2-4-15(5-3-14)19-12-28-21(23-19)24-20(25)16-6-8-18(9-7-16)26-10-17-11-27-13-22-17/h2-9,11-13H,10H2,1H3,(H,23,24,25). The first-order chi connectivity index (χ1) is 13.7. The zero-order chi connectivity index (χ0) is 19.3. The zero-order valence-corrected chi connectivity index (χ0v) is 16.7. The first-order valence-corrected chi connectivity index (χ1v) is 10.4. The molecule has 0 fully saturated rings.